The Bertz CT molecular complexity index is 370. The molecule has 14 heavy (non-hydrogen) atoms. The van der Waals surface area contributed by atoms with Crippen LogP contribution in [0, 0.1) is 0 Å². The predicted molar refractivity (Wildman–Crippen MR) is 58.3 cm³/mol. The lowest BCUT2D eigenvalue weighted by molar-refractivity contribution is 0.574. The standard InChI is InChI=1S/C9H6ClNO.C2H6/c10-9-11-6-8(12-9)7-4-2-1-3-5-7;1-2/h1-6H;1-2H3. The molecule has 0 aliphatic heterocycles. The van der Waals surface area contributed by atoms with Gasteiger partial charge in [-0.3, -0.25) is 0 Å². The largest absolute Gasteiger partial charge is 0.428 e. The van der Waals surface area contributed by atoms with Crippen molar-refractivity contribution in [3.05, 3.63) is 41.9 Å². The van der Waals surface area contributed by atoms with E-state index in [0.29, 0.717) is 5.76 Å². The van der Waals surface area contributed by atoms with Crippen molar-refractivity contribution in [2.45, 2.75) is 13.8 Å². The molecule has 0 aliphatic carbocycles. The first kappa shape index (κ1) is 10.8. The van der Waals surface area contributed by atoms with Crippen LogP contribution in [0.5, 0.6) is 0 Å². The summed E-state index contributed by atoms with van der Waals surface area (Å²) >= 11 is 5.53. The fourth-order valence-electron chi connectivity index (χ4n) is 0.989. The molecule has 0 unspecified atom stereocenters. The highest BCUT2D eigenvalue weighted by Crippen LogP contribution is 2.21. The number of aromatic nitrogens is 1. The van der Waals surface area contributed by atoms with Crippen molar-refractivity contribution in [1.82, 2.24) is 4.98 Å². The van der Waals surface area contributed by atoms with E-state index in [1.165, 1.54) is 0 Å². The van der Waals surface area contributed by atoms with Gasteiger partial charge in [-0.15, -0.1) is 0 Å². The maximum absolute atomic E-state index is 5.53. The van der Waals surface area contributed by atoms with Crippen molar-refractivity contribution in [3.8, 4) is 11.3 Å². The van der Waals surface area contributed by atoms with Crippen molar-refractivity contribution in [2.75, 3.05) is 0 Å². The Labute approximate surface area is 88.5 Å². The van der Waals surface area contributed by atoms with Crippen LogP contribution in [0.1, 0.15) is 13.8 Å². The first-order valence-electron chi connectivity index (χ1n) is 4.53. The van der Waals surface area contributed by atoms with Gasteiger partial charge in [0.2, 0.25) is 0 Å². The Balaban J connectivity index is 0.000000461. The zero-order chi connectivity index (χ0) is 10.4. The van der Waals surface area contributed by atoms with Crippen LogP contribution in [0.3, 0.4) is 0 Å². The SMILES string of the molecule is CC.Clc1ncc(-c2ccccc2)o1. The molecule has 1 aromatic heterocycles. The molecule has 0 fully saturated rings. The van der Waals surface area contributed by atoms with E-state index < -0.39 is 0 Å². The van der Waals surface area contributed by atoms with Crippen LogP contribution < -0.4 is 0 Å². The topological polar surface area (TPSA) is 26.0 Å². The van der Waals surface area contributed by atoms with Gasteiger partial charge in [0, 0.05) is 5.56 Å². The Morgan fingerprint density at radius 3 is 2.29 bits per heavy atom. The molecule has 3 heteroatoms. The molecule has 0 spiro atoms. The molecular formula is C11H12ClNO. The van der Waals surface area contributed by atoms with E-state index in [9.17, 15) is 0 Å². The summed E-state index contributed by atoms with van der Waals surface area (Å²) in [5.41, 5.74) is 0.983. The van der Waals surface area contributed by atoms with E-state index in [2.05, 4.69) is 4.98 Å². The highest BCUT2D eigenvalue weighted by molar-refractivity contribution is 6.27. The molecule has 2 aromatic rings. The minimum Gasteiger partial charge on any atom is -0.428 e. The van der Waals surface area contributed by atoms with Gasteiger partial charge in [-0.1, -0.05) is 44.2 Å². The van der Waals surface area contributed by atoms with Crippen LogP contribution in [-0.4, -0.2) is 4.98 Å². The lowest BCUT2D eigenvalue weighted by Gasteiger charge is -1.91. The summed E-state index contributed by atoms with van der Waals surface area (Å²) < 4.78 is 5.12. The fourth-order valence-corrected chi connectivity index (χ4v) is 1.12. The van der Waals surface area contributed by atoms with Crippen LogP contribution in [0.25, 0.3) is 11.3 Å². The molecular weight excluding hydrogens is 198 g/mol. The van der Waals surface area contributed by atoms with Crippen molar-refractivity contribution in [3.63, 3.8) is 0 Å². The molecule has 0 atom stereocenters. The maximum Gasteiger partial charge on any atom is 0.292 e. The maximum atomic E-state index is 5.53. The number of hydrogen-bond donors (Lipinski definition) is 0. The minimum atomic E-state index is 0.175. The Morgan fingerprint density at radius 1 is 1.14 bits per heavy atom. The van der Waals surface area contributed by atoms with Gasteiger partial charge in [-0.2, -0.15) is 0 Å². The second-order valence-corrected chi connectivity index (χ2v) is 2.67. The van der Waals surface area contributed by atoms with Crippen LogP contribution in [0.4, 0.5) is 0 Å². The first-order valence-corrected chi connectivity index (χ1v) is 4.91. The van der Waals surface area contributed by atoms with E-state index in [-0.39, 0.29) is 5.35 Å². The van der Waals surface area contributed by atoms with Gasteiger partial charge in [0.05, 0.1) is 6.20 Å². The van der Waals surface area contributed by atoms with Crippen molar-refractivity contribution in [2.24, 2.45) is 0 Å². The van der Waals surface area contributed by atoms with Gasteiger partial charge in [-0.25, -0.2) is 4.98 Å². The summed E-state index contributed by atoms with van der Waals surface area (Å²) in [5.74, 6) is 0.695. The molecule has 0 radical (unpaired) electrons. The lowest BCUT2D eigenvalue weighted by atomic mass is 10.2. The summed E-state index contributed by atoms with van der Waals surface area (Å²) in [6.45, 7) is 4.00. The lowest BCUT2D eigenvalue weighted by Crippen LogP contribution is -1.69. The quantitative estimate of drug-likeness (QED) is 0.709. The number of nitrogens with zero attached hydrogens (tertiary/aromatic N) is 1. The zero-order valence-electron chi connectivity index (χ0n) is 8.20. The summed E-state index contributed by atoms with van der Waals surface area (Å²) in [6.07, 6.45) is 1.61. The van der Waals surface area contributed by atoms with E-state index in [1.807, 2.05) is 44.2 Å². The molecule has 74 valence electrons. The fraction of sp³-hybridized carbons (Fsp3) is 0.182. The van der Waals surface area contributed by atoms with Gasteiger partial charge < -0.3 is 4.42 Å². The van der Waals surface area contributed by atoms with Gasteiger partial charge >= 0.3 is 0 Å². The van der Waals surface area contributed by atoms with Crippen molar-refractivity contribution < 1.29 is 4.42 Å². The van der Waals surface area contributed by atoms with Crippen LogP contribution in [0.15, 0.2) is 40.9 Å². The van der Waals surface area contributed by atoms with E-state index in [4.69, 9.17) is 16.0 Å². The Hall–Kier alpha value is -1.28. The number of halogens is 1. The van der Waals surface area contributed by atoms with E-state index >= 15 is 0 Å². The molecule has 0 amide bonds. The third kappa shape index (κ3) is 2.60. The summed E-state index contributed by atoms with van der Waals surface area (Å²) in [6, 6.07) is 9.70. The average molecular weight is 210 g/mol. The molecule has 0 aliphatic rings. The Kier molecular flexibility index (Phi) is 4.20. The van der Waals surface area contributed by atoms with E-state index in [0.717, 1.165) is 5.56 Å². The Morgan fingerprint density at radius 2 is 1.79 bits per heavy atom. The van der Waals surface area contributed by atoms with Gasteiger partial charge in [-0.05, 0) is 11.6 Å². The smallest absolute Gasteiger partial charge is 0.292 e. The van der Waals surface area contributed by atoms with Crippen LogP contribution >= 0.6 is 11.6 Å². The summed E-state index contributed by atoms with van der Waals surface area (Å²) in [4.78, 5) is 3.79. The molecule has 0 bridgehead atoms. The number of benzene rings is 1. The second-order valence-electron chi connectivity index (χ2n) is 2.34. The summed E-state index contributed by atoms with van der Waals surface area (Å²) in [5, 5.41) is 0.175. The molecule has 2 nitrogen and oxygen atoms in total. The average Bonchev–Trinajstić information content (AvgIpc) is 2.69. The monoisotopic (exact) mass is 209 g/mol. The second kappa shape index (κ2) is 5.45. The van der Waals surface area contributed by atoms with Crippen LogP contribution in [0.2, 0.25) is 5.35 Å². The van der Waals surface area contributed by atoms with Crippen LogP contribution in [-0.2, 0) is 0 Å². The molecule has 0 N–H and O–H groups in total. The minimum absolute atomic E-state index is 0.175. The number of rotatable bonds is 1. The van der Waals surface area contributed by atoms with E-state index in [1.54, 1.807) is 6.20 Å². The molecule has 1 heterocycles. The highest BCUT2D eigenvalue weighted by atomic mass is 35.5. The molecule has 1 aromatic carbocycles. The number of oxazole rings is 1. The van der Waals surface area contributed by atoms with Gasteiger partial charge in [0.25, 0.3) is 5.35 Å². The summed E-state index contributed by atoms with van der Waals surface area (Å²) in [7, 11) is 0. The van der Waals surface area contributed by atoms with Gasteiger partial charge in [0.15, 0.2) is 5.76 Å². The first-order chi connectivity index (χ1) is 6.86. The molecule has 0 saturated heterocycles. The zero-order valence-corrected chi connectivity index (χ0v) is 8.95. The highest BCUT2D eigenvalue weighted by Gasteiger charge is 2.02. The predicted octanol–water partition coefficient (Wildman–Crippen LogP) is 4.02. The van der Waals surface area contributed by atoms with Gasteiger partial charge in [0.1, 0.15) is 0 Å². The third-order valence-electron chi connectivity index (χ3n) is 1.54. The van der Waals surface area contributed by atoms with Crippen molar-refractivity contribution >= 4 is 11.6 Å². The normalized spacial score (nSPS) is 9.07. The molecule has 0 saturated carbocycles. The molecule has 2 rings (SSSR count). The number of hydrogen-bond acceptors (Lipinski definition) is 2. The third-order valence-corrected chi connectivity index (χ3v) is 1.71. The van der Waals surface area contributed by atoms with Crippen molar-refractivity contribution in [1.29, 1.82) is 0 Å².